The van der Waals surface area contributed by atoms with Crippen LogP contribution >= 0.6 is 35.0 Å². The molecule has 2 aromatic carbocycles. The maximum absolute atomic E-state index is 14.0. The quantitative estimate of drug-likeness (QED) is 0.198. The van der Waals surface area contributed by atoms with Gasteiger partial charge in [0.25, 0.3) is 5.91 Å². The van der Waals surface area contributed by atoms with Crippen LogP contribution in [0.1, 0.15) is 40.4 Å². The summed E-state index contributed by atoms with van der Waals surface area (Å²) in [4.78, 5) is 34.9. The molecular weight excluding hydrogens is 749 g/mol. The zero-order valence-corrected chi connectivity index (χ0v) is 30.7. The molecule has 17 heteroatoms. The van der Waals surface area contributed by atoms with E-state index in [4.69, 9.17) is 32.7 Å². The standard InChI is InChI=1S/C34H36Cl2F2N4O7S2/c1-40-9-11-41(12-10-40)31(43)23-3-2-4-24(15-23)51(45,46)42-13-14-50-32(42)33(44)48-29(17-25-26(35)18-39-19-27(25)36)22-7-8-28(49-34(37)38)30(16-22)47-20-21-5-6-21/h2-4,7-8,15-16,18-19,21,29,32,34H,5-6,9-14,17,20H2,1H3/t29-,32-/m0/s1. The van der Waals surface area contributed by atoms with E-state index < -0.39 is 34.1 Å². The van der Waals surface area contributed by atoms with Gasteiger partial charge in [0, 0.05) is 62.9 Å². The molecule has 2 atom stereocenters. The molecule has 3 aliphatic rings. The van der Waals surface area contributed by atoms with Crippen molar-refractivity contribution in [1.82, 2.24) is 19.1 Å². The number of piperazine rings is 1. The summed E-state index contributed by atoms with van der Waals surface area (Å²) < 4.78 is 72.2. The average Bonchev–Trinajstić information content (AvgIpc) is 3.80. The number of benzene rings is 2. The number of hydrogen-bond acceptors (Lipinski definition) is 10. The van der Waals surface area contributed by atoms with Crippen molar-refractivity contribution < 1.29 is 41.0 Å². The number of carbonyl (C=O) groups is 2. The zero-order chi connectivity index (χ0) is 36.3. The van der Waals surface area contributed by atoms with Gasteiger partial charge in [0.05, 0.1) is 21.5 Å². The van der Waals surface area contributed by atoms with Gasteiger partial charge in [0.15, 0.2) is 16.9 Å². The predicted octanol–water partition coefficient (Wildman–Crippen LogP) is 5.76. The van der Waals surface area contributed by atoms with Gasteiger partial charge in [0.2, 0.25) is 10.0 Å². The molecule has 0 bridgehead atoms. The Morgan fingerprint density at radius 1 is 1.00 bits per heavy atom. The minimum atomic E-state index is -4.26. The van der Waals surface area contributed by atoms with Gasteiger partial charge in [-0.15, -0.1) is 11.8 Å². The summed E-state index contributed by atoms with van der Waals surface area (Å²) in [5.41, 5.74) is 0.994. The molecule has 1 aromatic heterocycles. The lowest BCUT2D eigenvalue weighted by Crippen LogP contribution is -2.47. The van der Waals surface area contributed by atoms with Crippen LogP contribution < -0.4 is 9.47 Å². The molecule has 274 valence electrons. The molecule has 2 saturated heterocycles. The van der Waals surface area contributed by atoms with E-state index in [-0.39, 0.29) is 50.9 Å². The Balaban J connectivity index is 1.26. The normalized spacial score (nSPS) is 19.3. The fourth-order valence-electron chi connectivity index (χ4n) is 5.77. The molecule has 1 amide bonds. The summed E-state index contributed by atoms with van der Waals surface area (Å²) in [5.74, 6) is -0.660. The Labute approximate surface area is 309 Å². The third-order valence-corrected chi connectivity index (χ3v) is 12.7. The number of esters is 1. The highest BCUT2D eigenvalue weighted by atomic mass is 35.5. The van der Waals surface area contributed by atoms with Gasteiger partial charge < -0.3 is 24.0 Å². The lowest BCUT2D eigenvalue weighted by molar-refractivity contribution is -0.150. The molecule has 1 aliphatic carbocycles. The summed E-state index contributed by atoms with van der Waals surface area (Å²) in [6, 6.07) is 10.0. The van der Waals surface area contributed by atoms with Crippen LogP contribution in [0.25, 0.3) is 0 Å². The molecule has 1 saturated carbocycles. The molecule has 2 aliphatic heterocycles. The first-order chi connectivity index (χ1) is 24.4. The van der Waals surface area contributed by atoms with Crippen molar-refractivity contribution >= 4 is 56.9 Å². The third-order valence-electron chi connectivity index (χ3n) is 8.86. The lowest BCUT2D eigenvalue weighted by Gasteiger charge is -2.32. The Morgan fingerprint density at radius 2 is 1.73 bits per heavy atom. The SMILES string of the molecule is CN1CCN(C(=O)c2cccc(S(=O)(=O)N3CCS[C@H]3C(=O)O[C@@H](Cc3c(Cl)cncc3Cl)c3ccc(OC(F)F)c(OCC4CC4)c3)c2)CC1. The first-order valence-corrected chi connectivity index (χ1v) is 19.6. The van der Waals surface area contributed by atoms with Crippen LogP contribution in [0.2, 0.25) is 10.0 Å². The number of aromatic nitrogens is 1. The topological polar surface area (TPSA) is 119 Å². The second-order valence-electron chi connectivity index (χ2n) is 12.5. The van der Waals surface area contributed by atoms with E-state index in [0.29, 0.717) is 55.6 Å². The highest BCUT2D eigenvalue weighted by Gasteiger charge is 2.42. The Bertz CT molecular complexity index is 1840. The van der Waals surface area contributed by atoms with Crippen molar-refractivity contribution in [3.63, 3.8) is 0 Å². The number of pyridine rings is 1. The lowest BCUT2D eigenvalue weighted by atomic mass is 10.0. The molecule has 51 heavy (non-hydrogen) atoms. The molecular formula is C34H36Cl2F2N4O7S2. The average molecular weight is 786 g/mol. The second kappa shape index (κ2) is 16.2. The van der Waals surface area contributed by atoms with Crippen LogP contribution in [0.15, 0.2) is 59.8 Å². The maximum Gasteiger partial charge on any atom is 0.387 e. The smallest absolute Gasteiger partial charge is 0.387 e. The first-order valence-electron chi connectivity index (χ1n) is 16.3. The van der Waals surface area contributed by atoms with Crippen LogP contribution in [0.3, 0.4) is 0 Å². The van der Waals surface area contributed by atoms with E-state index >= 15 is 0 Å². The number of nitrogens with zero attached hydrogens (tertiary/aromatic N) is 4. The van der Waals surface area contributed by atoms with Crippen molar-refractivity contribution in [1.29, 1.82) is 0 Å². The van der Waals surface area contributed by atoms with Crippen LogP contribution in [0, 0.1) is 5.92 Å². The summed E-state index contributed by atoms with van der Waals surface area (Å²) in [6.07, 6.45) is 3.53. The monoisotopic (exact) mass is 784 g/mol. The zero-order valence-electron chi connectivity index (χ0n) is 27.6. The molecule has 0 N–H and O–H groups in total. The van der Waals surface area contributed by atoms with Gasteiger partial charge in [0.1, 0.15) is 6.10 Å². The fraction of sp³-hybridized carbons (Fsp3) is 0.441. The number of likely N-dealkylation sites (N-methyl/N-ethyl adjacent to an activating group) is 1. The van der Waals surface area contributed by atoms with Gasteiger partial charge in [-0.3, -0.25) is 9.78 Å². The number of hydrogen-bond donors (Lipinski definition) is 0. The molecule has 6 rings (SSSR count). The van der Waals surface area contributed by atoms with Crippen molar-refractivity contribution in [2.45, 2.75) is 42.2 Å². The first kappa shape index (κ1) is 37.5. The summed E-state index contributed by atoms with van der Waals surface area (Å²) >= 11 is 14.0. The molecule has 0 radical (unpaired) electrons. The van der Waals surface area contributed by atoms with E-state index in [0.717, 1.165) is 28.9 Å². The van der Waals surface area contributed by atoms with Gasteiger partial charge in [-0.1, -0.05) is 35.3 Å². The highest BCUT2D eigenvalue weighted by molar-refractivity contribution is 8.02. The number of rotatable bonds is 13. The summed E-state index contributed by atoms with van der Waals surface area (Å²) in [7, 11) is -2.29. The Morgan fingerprint density at radius 3 is 2.41 bits per heavy atom. The largest absolute Gasteiger partial charge is 0.489 e. The molecule has 0 spiro atoms. The number of ether oxygens (including phenoxy) is 3. The number of carbonyl (C=O) groups excluding carboxylic acids is 2. The van der Waals surface area contributed by atoms with Crippen molar-refractivity contribution in [3.8, 4) is 11.5 Å². The van der Waals surface area contributed by atoms with Gasteiger partial charge in [-0.2, -0.15) is 13.1 Å². The second-order valence-corrected chi connectivity index (χ2v) is 16.4. The van der Waals surface area contributed by atoms with Crippen molar-refractivity contribution in [3.05, 3.63) is 81.6 Å². The van der Waals surface area contributed by atoms with Crippen LogP contribution in [-0.4, -0.2) is 103 Å². The number of alkyl halides is 2. The van der Waals surface area contributed by atoms with Crippen LogP contribution in [0.5, 0.6) is 11.5 Å². The van der Waals surface area contributed by atoms with E-state index in [1.165, 1.54) is 48.8 Å². The summed E-state index contributed by atoms with van der Waals surface area (Å²) in [5, 5.41) is -0.849. The Kier molecular flexibility index (Phi) is 11.9. The summed E-state index contributed by atoms with van der Waals surface area (Å²) in [6.45, 7) is -0.312. The maximum atomic E-state index is 14.0. The highest BCUT2D eigenvalue weighted by Crippen LogP contribution is 2.39. The molecule has 3 fully saturated rings. The minimum Gasteiger partial charge on any atom is -0.489 e. The Hall–Kier alpha value is -3.21. The number of thioether (sulfide) groups is 1. The van der Waals surface area contributed by atoms with E-state index in [9.17, 15) is 26.8 Å². The van der Waals surface area contributed by atoms with E-state index in [2.05, 4.69) is 14.6 Å². The van der Waals surface area contributed by atoms with E-state index in [1.54, 1.807) is 11.0 Å². The van der Waals surface area contributed by atoms with Crippen LogP contribution in [-0.2, 0) is 26.0 Å². The predicted molar refractivity (Wildman–Crippen MR) is 188 cm³/mol. The van der Waals surface area contributed by atoms with Crippen molar-refractivity contribution in [2.24, 2.45) is 5.92 Å². The number of sulfonamides is 1. The van der Waals surface area contributed by atoms with E-state index in [1.807, 2.05) is 7.05 Å². The molecule has 11 nitrogen and oxygen atoms in total. The third kappa shape index (κ3) is 9.06. The fourth-order valence-corrected chi connectivity index (χ4v) is 9.38. The number of halogens is 4. The van der Waals surface area contributed by atoms with Gasteiger partial charge in [-0.25, -0.2) is 13.2 Å². The van der Waals surface area contributed by atoms with Crippen molar-refractivity contribution in [2.75, 3.05) is 52.1 Å². The molecule has 3 aromatic rings. The van der Waals surface area contributed by atoms with Gasteiger partial charge >= 0.3 is 12.6 Å². The number of amides is 1. The molecule has 3 heterocycles. The van der Waals surface area contributed by atoms with Crippen LogP contribution in [0.4, 0.5) is 8.78 Å². The minimum absolute atomic E-state index is 0.0227. The van der Waals surface area contributed by atoms with Gasteiger partial charge in [-0.05, 0) is 67.3 Å². The molecule has 0 unspecified atom stereocenters.